The smallest absolute Gasteiger partial charge is 0.236 e. The number of halogens is 1. The Morgan fingerprint density at radius 3 is 2.52 bits per heavy atom. The fourth-order valence-electron chi connectivity index (χ4n) is 3.35. The van der Waals surface area contributed by atoms with Gasteiger partial charge in [-0.2, -0.15) is 4.31 Å². The van der Waals surface area contributed by atoms with Gasteiger partial charge in [-0.05, 0) is 48.6 Å². The van der Waals surface area contributed by atoms with E-state index < -0.39 is 10.0 Å². The van der Waals surface area contributed by atoms with E-state index in [1.165, 1.54) is 9.71 Å². The van der Waals surface area contributed by atoms with E-state index >= 15 is 0 Å². The second-order valence-corrected chi connectivity index (χ2v) is 9.36. The van der Waals surface area contributed by atoms with Gasteiger partial charge in [-0.3, -0.25) is 4.79 Å². The molecule has 0 atom stereocenters. The van der Waals surface area contributed by atoms with E-state index in [0.717, 1.165) is 11.1 Å². The highest BCUT2D eigenvalue weighted by Gasteiger charge is 2.29. The summed E-state index contributed by atoms with van der Waals surface area (Å²) >= 11 is 5.97. The van der Waals surface area contributed by atoms with Crippen LogP contribution < -0.4 is 5.32 Å². The van der Waals surface area contributed by atoms with Crippen LogP contribution in [0, 0.1) is 5.92 Å². The van der Waals surface area contributed by atoms with Gasteiger partial charge in [0.2, 0.25) is 15.9 Å². The molecule has 1 amide bonds. The Hall–Kier alpha value is -2.15. The minimum Gasteiger partial charge on any atom is -0.356 e. The van der Waals surface area contributed by atoms with Gasteiger partial charge in [0.1, 0.15) is 0 Å². The number of nitrogens with zero attached hydrogens (tertiary/aromatic N) is 1. The number of sulfonamides is 1. The number of nitrogens with one attached hydrogen (secondary N) is 1. The molecule has 2 aromatic carbocycles. The molecule has 0 radical (unpaired) electrons. The predicted molar refractivity (Wildman–Crippen MR) is 117 cm³/mol. The van der Waals surface area contributed by atoms with Crippen LogP contribution in [-0.2, 0) is 21.2 Å². The number of carbonyl (C=O) groups excluding carboxylic acids is 1. The Morgan fingerprint density at radius 2 is 1.83 bits per heavy atom. The lowest BCUT2D eigenvalue weighted by atomic mass is 9.97. The van der Waals surface area contributed by atoms with Gasteiger partial charge in [0.05, 0.1) is 0 Å². The Morgan fingerprint density at radius 1 is 1.10 bits per heavy atom. The number of rotatable bonds is 7. The number of amides is 1. The van der Waals surface area contributed by atoms with Crippen molar-refractivity contribution in [3.8, 4) is 0 Å². The van der Waals surface area contributed by atoms with E-state index in [0.29, 0.717) is 43.9 Å². The second kappa shape index (κ2) is 10.1. The maximum atomic E-state index is 12.5. The summed E-state index contributed by atoms with van der Waals surface area (Å²) in [6, 6.07) is 16.9. The van der Waals surface area contributed by atoms with Crippen molar-refractivity contribution >= 4 is 33.6 Å². The van der Waals surface area contributed by atoms with Crippen molar-refractivity contribution in [2.75, 3.05) is 19.6 Å². The lowest BCUT2D eigenvalue weighted by Crippen LogP contribution is -2.42. The zero-order valence-corrected chi connectivity index (χ0v) is 17.7. The average Bonchev–Trinajstić information content (AvgIpc) is 2.73. The Bertz CT molecular complexity index is 953. The standard InChI is InChI=1S/C22H25ClN2O3S/c23-21-8-4-7-19(17-21)9-13-24-22(26)20-10-14-25(15-11-20)29(27,28)16-12-18-5-2-1-3-6-18/h1-8,12,16-17,20H,9-11,13-15H2,(H,24,26)/b16-12+. The van der Waals surface area contributed by atoms with Crippen molar-refractivity contribution < 1.29 is 13.2 Å². The summed E-state index contributed by atoms with van der Waals surface area (Å²) in [7, 11) is -3.48. The molecule has 7 heteroatoms. The lowest BCUT2D eigenvalue weighted by molar-refractivity contribution is -0.126. The molecule has 1 saturated heterocycles. The highest BCUT2D eigenvalue weighted by molar-refractivity contribution is 7.92. The molecule has 29 heavy (non-hydrogen) atoms. The second-order valence-electron chi connectivity index (χ2n) is 7.10. The lowest BCUT2D eigenvalue weighted by Gasteiger charge is -2.29. The first kappa shape index (κ1) is 21.6. The molecule has 0 aromatic heterocycles. The highest BCUT2D eigenvalue weighted by atomic mass is 35.5. The van der Waals surface area contributed by atoms with Crippen LogP contribution in [0.3, 0.4) is 0 Å². The summed E-state index contributed by atoms with van der Waals surface area (Å²) in [5, 5.41) is 4.88. The summed E-state index contributed by atoms with van der Waals surface area (Å²) in [5.74, 6) is -0.164. The molecule has 0 aliphatic carbocycles. The molecule has 1 aliphatic rings. The maximum Gasteiger partial charge on any atom is 0.236 e. The summed E-state index contributed by atoms with van der Waals surface area (Å²) in [4.78, 5) is 12.4. The van der Waals surface area contributed by atoms with Crippen LogP contribution >= 0.6 is 11.6 Å². The average molecular weight is 433 g/mol. The van der Waals surface area contributed by atoms with Gasteiger partial charge in [-0.1, -0.05) is 54.1 Å². The number of piperidine rings is 1. The van der Waals surface area contributed by atoms with Crippen LogP contribution in [0.1, 0.15) is 24.0 Å². The minimum absolute atomic E-state index is 0.0103. The predicted octanol–water partition coefficient (Wildman–Crippen LogP) is 3.71. The number of hydrogen-bond donors (Lipinski definition) is 1. The topological polar surface area (TPSA) is 66.5 Å². The quantitative estimate of drug-likeness (QED) is 0.725. The molecule has 154 valence electrons. The van der Waals surface area contributed by atoms with Gasteiger partial charge in [0, 0.05) is 36.0 Å². The zero-order chi connectivity index (χ0) is 20.7. The first-order valence-corrected chi connectivity index (χ1v) is 11.6. The molecule has 1 heterocycles. The van der Waals surface area contributed by atoms with Gasteiger partial charge in [0.15, 0.2) is 0 Å². The van der Waals surface area contributed by atoms with Gasteiger partial charge < -0.3 is 5.32 Å². The molecular formula is C22H25ClN2O3S. The van der Waals surface area contributed by atoms with Crippen LogP contribution in [0.2, 0.25) is 5.02 Å². The number of benzene rings is 2. The van der Waals surface area contributed by atoms with Crippen molar-refractivity contribution in [3.63, 3.8) is 0 Å². The number of carbonyl (C=O) groups is 1. The molecule has 1 fully saturated rings. The van der Waals surface area contributed by atoms with Crippen molar-refractivity contribution in [2.45, 2.75) is 19.3 Å². The Kier molecular flexibility index (Phi) is 7.47. The summed E-state index contributed by atoms with van der Waals surface area (Å²) in [5.41, 5.74) is 1.91. The third kappa shape index (κ3) is 6.42. The summed E-state index contributed by atoms with van der Waals surface area (Å²) < 4.78 is 26.5. The summed E-state index contributed by atoms with van der Waals surface area (Å²) in [6.45, 7) is 1.25. The van der Waals surface area contributed by atoms with Gasteiger partial charge in [-0.15, -0.1) is 0 Å². The van der Waals surface area contributed by atoms with Crippen molar-refractivity contribution in [2.24, 2.45) is 5.92 Å². The molecule has 3 rings (SSSR count). The Balaban J connectivity index is 1.45. The van der Waals surface area contributed by atoms with E-state index in [9.17, 15) is 13.2 Å². The van der Waals surface area contributed by atoms with E-state index in [2.05, 4.69) is 5.32 Å². The molecular weight excluding hydrogens is 408 g/mol. The fraction of sp³-hybridized carbons (Fsp3) is 0.318. The zero-order valence-electron chi connectivity index (χ0n) is 16.1. The third-order valence-electron chi connectivity index (χ3n) is 5.02. The van der Waals surface area contributed by atoms with Crippen LogP contribution in [0.4, 0.5) is 0 Å². The van der Waals surface area contributed by atoms with E-state index in [4.69, 9.17) is 11.6 Å². The number of hydrogen-bond acceptors (Lipinski definition) is 3. The molecule has 0 saturated carbocycles. The molecule has 2 aromatic rings. The van der Waals surface area contributed by atoms with Gasteiger partial charge in [-0.25, -0.2) is 8.42 Å². The van der Waals surface area contributed by atoms with Crippen molar-refractivity contribution in [1.82, 2.24) is 9.62 Å². The Labute approximate surface area is 177 Å². The SMILES string of the molecule is O=C(NCCc1cccc(Cl)c1)C1CCN(S(=O)(=O)/C=C/c2ccccc2)CC1. The van der Waals surface area contributed by atoms with Crippen LogP contribution in [0.25, 0.3) is 6.08 Å². The van der Waals surface area contributed by atoms with Crippen molar-refractivity contribution in [1.29, 1.82) is 0 Å². The summed E-state index contributed by atoms with van der Waals surface area (Å²) in [6.07, 6.45) is 3.37. The monoisotopic (exact) mass is 432 g/mol. The normalized spacial score (nSPS) is 16.2. The largest absolute Gasteiger partial charge is 0.356 e. The molecule has 0 unspecified atom stereocenters. The van der Waals surface area contributed by atoms with Gasteiger partial charge >= 0.3 is 0 Å². The van der Waals surface area contributed by atoms with Crippen LogP contribution in [0.15, 0.2) is 60.0 Å². The van der Waals surface area contributed by atoms with Gasteiger partial charge in [0.25, 0.3) is 0 Å². The van der Waals surface area contributed by atoms with E-state index in [1.54, 1.807) is 6.08 Å². The van der Waals surface area contributed by atoms with Crippen LogP contribution in [0.5, 0.6) is 0 Å². The molecule has 0 spiro atoms. The first-order chi connectivity index (χ1) is 13.9. The molecule has 1 aliphatic heterocycles. The van der Waals surface area contributed by atoms with E-state index in [1.807, 2.05) is 54.6 Å². The fourth-order valence-corrected chi connectivity index (χ4v) is 4.79. The third-order valence-corrected chi connectivity index (χ3v) is 6.82. The van der Waals surface area contributed by atoms with Crippen molar-refractivity contribution in [3.05, 3.63) is 76.2 Å². The highest BCUT2D eigenvalue weighted by Crippen LogP contribution is 2.21. The molecule has 0 bridgehead atoms. The first-order valence-electron chi connectivity index (χ1n) is 9.69. The van der Waals surface area contributed by atoms with E-state index in [-0.39, 0.29) is 11.8 Å². The van der Waals surface area contributed by atoms with Crippen LogP contribution in [-0.4, -0.2) is 38.3 Å². The molecule has 5 nitrogen and oxygen atoms in total. The maximum absolute atomic E-state index is 12.5. The minimum atomic E-state index is -3.48. The molecule has 1 N–H and O–H groups in total.